The zero-order chi connectivity index (χ0) is 20.5. The molecule has 0 saturated carbocycles. The minimum Gasteiger partial charge on any atom is -0.497 e. The summed E-state index contributed by atoms with van der Waals surface area (Å²) in [5.41, 5.74) is 6.35. The number of aromatic nitrogens is 1. The molecule has 1 aliphatic heterocycles. The number of benzene rings is 1. The number of nitriles is 1. The van der Waals surface area contributed by atoms with E-state index in [1.807, 2.05) is 18.3 Å². The summed E-state index contributed by atoms with van der Waals surface area (Å²) in [4.78, 5) is 8.29. The number of likely N-dealkylation sites (N-methyl/N-ethyl adjacent to an activating group) is 1. The van der Waals surface area contributed by atoms with Gasteiger partial charge in [-0.15, -0.1) is 11.3 Å². The van der Waals surface area contributed by atoms with Crippen molar-refractivity contribution in [3.8, 4) is 17.5 Å². The smallest absolute Gasteiger partial charge is 0.134 e. The van der Waals surface area contributed by atoms with E-state index in [2.05, 4.69) is 54.6 Å². The molecule has 6 heteroatoms. The summed E-state index contributed by atoms with van der Waals surface area (Å²) in [6.45, 7) is 6.08. The number of thiophene rings is 1. The molecule has 5 nitrogen and oxygen atoms in total. The van der Waals surface area contributed by atoms with Gasteiger partial charge in [-0.3, -0.25) is 0 Å². The molecule has 1 aromatic carbocycles. The molecule has 0 amide bonds. The van der Waals surface area contributed by atoms with Crippen LogP contribution in [0.2, 0.25) is 0 Å². The Labute approximate surface area is 175 Å². The largest absolute Gasteiger partial charge is 0.497 e. The molecular formula is C23H24N4OS. The molecular weight excluding hydrogens is 380 g/mol. The Morgan fingerprint density at radius 2 is 2.00 bits per heavy atom. The standard InChI is InChI=1S/C23H24N4OS/c1-15-11-17(16(2)27(15)18-5-7-19(28-4)8-6-18)13-25-23-21(12-24)20-9-10-26(3)14-22(20)29-23/h5-8,11,13H,9-10,14H2,1-4H3. The third kappa shape index (κ3) is 3.59. The van der Waals surface area contributed by atoms with Gasteiger partial charge in [0.2, 0.25) is 0 Å². The van der Waals surface area contributed by atoms with Gasteiger partial charge in [0.1, 0.15) is 16.8 Å². The monoisotopic (exact) mass is 404 g/mol. The predicted molar refractivity (Wildman–Crippen MR) is 118 cm³/mol. The number of nitrogens with zero attached hydrogens (tertiary/aromatic N) is 4. The van der Waals surface area contributed by atoms with Crippen molar-refractivity contribution in [1.82, 2.24) is 9.47 Å². The van der Waals surface area contributed by atoms with Gasteiger partial charge in [0.25, 0.3) is 0 Å². The first-order valence-corrected chi connectivity index (χ1v) is 10.4. The molecule has 0 radical (unpaired) electrons. The normalized spacial score (nSPS) is 14.2. The van der Waals surface area contributed by atoms with Gasteiger partial charge in [-0.1, -0.05) is 0 Å². The van der Waals surface area contributed by atoms with Crippen molar-refractivity contribution in [3.05, 3.63) is 63.3 Å². The lowest BCUT2D eigenvalue weighted by molar-refractivity contribution is 0.317. The van der Waals surface area contributed by atoms with Crippen molar-refractivity contribution < 1.29 is 4.74 Å². The lowest BCUT2D eigenvalue weighted by Gasteiger charge is -2.21. The van der Waals surface area contributed by atoms with Gasteiger partial charge in [0.05, 0.1) is 12.7 Å². The average molecular weight is 405 g/mol. The molecule has 0 unspecified atom stereocenters. The Morgan fingerprint density at radius 3 is 2.69 bits per heavy atom. The number of aryl methyl sites for hydroxylation is 1. The van der Waals surface area contributed by atoms with Crippen LogP contribution in [0.3, 0.4) is 0 Å². The van der Waals surface area contributed by atoms with Gasteiger partial charge in [-0.2, -0.15) is 5.26 Å². The van der Waals surface area contributed by atoms with Crippen LogP contribution in [0.15, 0.2) is 35.3 Å². The summed E-state index contributed by atoms with van der Waals surface area (Å²) in [7, 11) is 3.79. The Kier molecular flexibility index (Phi) is 5.27. The highest BCUT2D eigenvalue weighted by Crippen LogP contribution is 2.38. The average Bonchev–Trinajstić information content (AvgIpc) is 3.21. The lowest BCUT2D eigenvalue weighted by Crippen LogP contribution is -2.25. The van der Waals surface area contributed by atoms with Gasteiger partial charge in [0.15, 0.2) is 0 Å². The Morgan fingerprint density at radius 1 is 1.24 bits per heavy atom. The van der Waals surface area contributed by atoms with Crippen LogP contribution in [0.25, 0.3) is 5.69 Å². The highest BCUT2D eigenvalue weighted by atomic mass is 32.1. The summed E-state index contributed by atoms with van der Waals surface area (Å²) in [6, 6.07) is 12.6. The van der Waals surface area contributed by atoms with Gasteiger partial charge in [0, 0.05) is 46.8 Å². The first-order chi connectivity index (χ1) is 14.0. The Balaban J connectivity index is 1.67. The molecule has 148 valence electrons. The third-order valence-electron chi connectivity index (χ3n) is 5.46. The number of fused-ring (bicyclic) bond motifs is 1. The molecule has 0 N–H and O–H groups in total. The van der Waals surface area contributed by atoms with Gasteiger partial charge < -0.3 is 14.2 Å². The zero-order valence-electron chi connectivity index (χ0n) is 17.2. The third-order valence-corrected chi connectivity index (χ3v) is 6.59. The fraction of sp³-hybridized carbons (Fsp3) is 0.304. The number of aliphatic imine (C=N–C) groups is 1. The molecule has 4 rings (SSSR count). The van der Waals surface area contributed by atoms with Crippen molar-refractivity contribution in [3.63, 3.8) is 0 Å². The summed E-state index contributed by atoms with van der Waals surface area (Å²) in [6.07, 6.45) is 2.82. The van der Waals surface area contributed by atoms with Crippen LogP contribution in [-0.4, -0.2) is 36.4 Å². The molecule has 1 aliphatic rings. The predicted octanol–water partition coefficient (Wildman–Crippen LogP) is 4.77. The van der Waals surface area contributed by atoms with Crippen molar-refractivity contribution in [2.75, 3.05) is 20.7 Å². The van der Waals surface area contributed by atoms with Crippen molar-refractivity contribution >= 4 is 22.6 Å². The van der Waals surface area contributed by atoms with E-state index in [0.29, 0.717) is 0 Å². The molecule has 29 heavy (non-hydrogen) atoms. The highest BCUT2D eigenvalue weighted by Gasteiger charge is 2.22. The van der Waals surface area contributed by atoms with Crippen molar-refractivity contribution in [1.29, 1.82) is 5.26 Å². The molecule has 0 fully saturated rings. The van der Waals surface area contributed by atoms with Crippen LogP contribution in [0.5, 0.6) is 5.75 Å². The molecule has 2 aromatic heterocycles. The number of ether oxygens (including phenoxy) is 1. The maximum atomic E-state index is 9.68. The molecule has 0 bridgehead atoms. The van der Waals surface area contributed by atoms with Gasteiger partial charge >= 0.3 is 0 Å². The minimum atomic E-state index is 0.748. The molecule has 3 aromatic rings. The van der Waals surface area contributed by atoms with Crippen LogP contribution in [-0.2, 0) is 13.0 Å². The molecule has 0 saturated heterocycles. The summed E-state index contributed by atoms with van der Waals surface area (Å²) >= 11 is 1.64. The van der Waals surface area contributed by atoms with E-state index >= 15 is 0 Å². The quantitative estimate of drug-likeness (QED) is 0.588. The highest BCUT2D eigenvalue weighted by molar-refractivity contribution is 7.16. The Hall–Kier alpha value is -2.88. The number of hydrogen-bond donors (Lipinski definition) is 0. The maximum Gasteiger partial charge on any atom is 0.134 e. The number of hydrogen-bond acceptors (Lipinski definition) is 5. The molecule has 0 spiro atoms. The van der Waals surface area contributed by atoms with E-state index in [0.717, 1.165) is 58.5 Å². The second-order valence-electron chi connectivity index (χ2n) is 7.40. The summed E-state index contributed by atoms with van der Waals surface area (Å²) in [5.74, 6) is 0.842. The zero-order valence-corrected chi connectivity index (χ0v) is 18.0. The van der Waals surface area contributed by atoms with Crippen LogP contribution < -0.4 is 4.74 Å². The second kappa shape index (κ2) is 7.86. The van der Waals surface area contributed by atoms with Crippen LogP contribution in [0.1, 0.15) is 33.0 Å². The summed E-state index contributed by atoms with van der Waals surface area (Å²) in [5, 5.41) is 10.5. The first kappa shape index (κ1) is 19.4. The summed E-state index contributed by atoms with van der Waals surface area (Å²) < 4.78 is 7.47. The van der Waals surface area contributed by atoms with E-state index in [9.17, 15) is 5.26 Å². The minimum absolute atomic E-state index is 0.748. The lowest BCUT2D eigenvalue weighted by atomic mass is 10.0. The van der Waals surface area contributed by atoms with Gasteiger partial charge in [-0.05, 0) is 63.2 Å². The molecule has 0 atom stereocenters. The fourth-order valence-electron chi connectivity index (χ4n) is 3.90. The van der Waals surface area contributed by atoms with Crippen LogP contribution >= 0.6 is 11.3 Å². The number of rotatable bonds is 4. The SMILES string of the molecule is COc1ccc(-n2c(C)cc(C=Nc3sc4c(c3C#N)CCN(C)C4)c2C)cc1. The maximum absolute atomic E-state index is 9.68. The van der Waals surface area contributed by atoms with E-state index in [-0.39, 0.29) is 0 Å². The van der Waals surface area contributed by atoms with Crippen LogP contribution in [0.4, 0.5) is 5.00 Å². The van der Waals surface area contributed by atoms with E-state index in [1.165, 1.54) is 10.4 Å². The second-order valence-corrected chi connectivity index (χ2v) is 8.49. The van der Waals surface area contributed by atoms with Crippen molar-refractivity contribution in [2.45, 2.75) is 26.8 Å². The topological polar surface area (TPSA) is 53.6 Å². The van der Waals surface area contributed by atoms with E-state index in [4.69, 9.17) is 9.73 Å². The Bertz CT molecular complexity index is 1120. The molecule has 3 heterocycles. The molecule has 0 aliphatic carbocycles. The van der Waals surface area contributed by atoms with Crippen molar-refractivity contribution in [2.24, 2.45) is 4.99 Å². The fourth-order valence-corrected chi connectivity index (χ4v) is 5.12. The van der Waals surface area contributed by atoms with Gasteiger partial charge in [-0.25, -0.2) is 4.99 Å². The van der Waals surface area contributed by atoms with E-state index in [1.54, 1.807) is 18.4 Å². The number of methoxy groups -OCH3 is 1. The van der Waals surface area contributed by atoms with Crippen LogP contribution in [0, 0.1) is 25.2 Å². The van der Waals surface area contributed by atoms with E-state index < -0.39 is 0 Å². The first-order valence-electron chi connectivity index (χ1n) is 9.62.